The predicted octanol–water partition coefficient (Wildman–Crippen LogP) is 4.63. The third-order valence-corrected chi connectivity index (χ3v) is 7.19. The van der Waals surface area contributed by atoms with Gasteiger partial charge in [0.2, 0.25) is 0 Å². The number of benzene rings is 1. The third-order valence-electron chi connectivity index (χ3n) is 7.19. The normalized spacial score (nSPS) is 26.7. The van der Waals surface area contributed by atoms with E-state index in [2.05, 4.69) is 10.6 Å². The highest BCUT2D eigenvalue weighted by atomic mass is 19.4. The van der Waals surface area contributed by atoms with E-state index in [0.29, 0.717) is 12.0 Å². The molecular weight excluding hydrogens is 479 g/mol. The van der Waals surface area contributed by atoms with Crippen LogP contribution in [-0.4, -0.2) is 61.1 Å². The Bertz CT molecular complexity index is 899. The van der Waals surface area contributed by atoms with Crippen LogP contribution in [0.1, 0.15) is 55.3 Å². The van der Waals surface area contributed by atoms with Gasteiger partial charge < -0.3 is 25.6 Å². The number of anilines is 1. The minimum atomic E-state index is -5.08. The number of rotatable bonds is 8. The fraction of sp³-hybridized carbons (Fsp3) is 0.640. The van der Waals surface area contributed by atoms with E-state index in [1.54, 1.807) is 31.4 Å². The summed E-state index contributed by atoms with van der Waals surface area (Å²) in [5.74, 6) is -0.124. The Morgan fingerprint density at radius 1 is 1.06 bits per heavy atom. The molecule has 1 aromatic carbocycles. The first-order valence-corrected chi connectivity index (χ1v) is 12.2. The summed E-state index contributed by atoms with van der Waals surface area (Å²) in [5.41, 5.74) is 1.53. The Kier molecular flexibility index (Phi) is 9.21. The molecule has 200 valence electrons. The van der Waals surface area contributed by atoms with Crippen LogP contribution in [0.15, 0.2) is 29.3 Å². The average molecular weight is 514 g/mol. The molecule has 0 radical (unpaired) electrons. The molecule has 0 amide bonds. The van der Waals surface area contributed by atoms with Crippen molar-refractivity contribution >= 4 is 23.6 Å². The molecule has 11 heteroatoms. The molecule has 0 heterocycles. The van der Waals surface area contributed by atoms with Gasteiger partial charge in [-0.05, 0) is 92.4 Å². The second-order valence-corrected chi connectivity index (χ2v) is 10.2. The van der Waals surface area contributed by atoms with E-state index in [-0.39, 0.29) is 5.56 Å². The predicted molar refractivity (Wildman–Crippen MR) is 128 cm³/mol. The van der Waals surface area contributed by atoms with Crippen LogP contribution in [0.5, 0.6) is 0 Å². The second kappa shape index (κ2) is 11.9. The Morgan fingerprint density at radius 2 is 1.58 bits per heavy atom. The number of guanidine groups is 1. The number of carboxylic acid groups (broad SMARTS) is 2. The molecule has 0 atom stereocenters. The minimum Gasteiger partial charge on any atom is -0.478 e. The van der Waals surface area contributed by atoms with E-state index >= 15 is 0 Å². The summed E-state index contributed by atoms with van der Waals surface area (Å²) in [7, 11) is 1.71. The summed E-state index contributed by atoms with van der Waals surface area (Å²) in [6.07, 6.45) is 4.18. The quantitative estimate of drug-likeness (QED) is 0.227. The largest absolute Gasteiger partial charge is 0.490 e. The highest BCUT2D eigenvalue weighted by Crippen LogP contribution is 2.60. The number of nitrogens with zero attached hydrogens (tertiary/aromatic N) is 1. The summed E-state index contributed by atoms with van der Waals surface area (Å²) in [4.78, 5) is 25.0. The van der Waals surface area contributed by atoms with Crippen molar-refractivity contribution in [3.05, 3.63) is 29.8 Å². The number of aromatic carboxylic acids is 1. The molecule has 4 N–H and O–H groups in total. The smallest absolute Gasteiger partial charge is 0.478 e. The monoisotopic (exact) mass is 513 g/mol. The molecule has 0 aromatic heterocycles. The van der Waals surface area contributed by atoms with Gasteiger partial charge in [-0.3, -0.25) is 4.99 Å². The van der Waals surface area contributed by atoms with E-state index in [1.165, 1.54) is 38.5 Å². The molecule has 5 rings (SSSR count). The van der Waals surface area contributed by atoms with Crippen molar-refractivity contribution in [3.63, 3.8) is 0 Å². The topological polar surface area (TPSA) is 120 Å². The minimum absolute atomic E-state index is 0.288. The van der Waals surface area contributed by atoms with Crippen molar-refractivity contribution in [2.45, 2.75) is 51.1 Å². The lowest BCUT2D eigenvalue weighted by Gasteiger charge is -2.56. The number of alkyl halides is 3. The van der Waals surface area contributed by atoms with Gasteiger partial charge in [-0.2, -0.15) is 13.2 Å². The first-order valence-electron chi connectivity index (χ1n) is 12.2. The van der Waals surface area contributed by atoms with Gasteiger partial charge >= 0.3 is 18.1 Å². The fourth-order valence-electron chi connectivity index (χ4n) is 6.13. The van der Waals surface area contributed by atoms with Crippen LogP contribution < -0.4 is 10.6 Å². The molecule has 0 saturated heterocycles. The lowest BCUT2D eigenvalue weighted by Crippen LogP contribution is -2.48. The zero-order chi connectivity index (χ0) is 26.3. The molecular formula is C25H34F3N3O5. The van der Waals surface area contributed by atoms with Crippen molar-refractivity contribution in [1.82, 2.24) is 5.32 Å². The fourth-order valence-corrected chi connectivity index (χ4v) is 6.13. The number of carboxylic acids is 2. The van der Waals surface area contributed by atoms with Crippen LogP contribution in [0.4, 0.5) is 18.9 Å². The summed E-state index contributed by atoms with van der Waals surface area (Å²) in [6, 6.07) is 6.82. The number of nitrogens with one attached hydrogen (secondary N) is 2. The zero-order valence-corrected chi connectivity index (χ0v) is 20.3. The molecule has 4 aliphatic rings. The van der Waals surface area contributed by atoms with Gasteiger partial charge in [0, 0.05) is 32.5 Å². The van der Waals surface area contributed by atoms with E-state index < -0.39 is 18.1 Å². The Hall–Kier alpha value is -2.82. The van der Waals surface area contributed by atoms with Gasteiger partial charge in [0.15, 0.2) is 5.96 Å². The van der Waals surface area contributed by atoms with Crippen molar-refractivity contribution < 1.29 is 37.7 Å². The van der Waals surface area contributed by atoms with Crippen molar-refractivity contribution in [2.24, 2.45) is 28.2 Å². The molecule has 36 heavy (non-hydrogen) atoms. The van der Waals surface area contributed by atoms with Crippen molar-refractivity contribution in [2.75, 3.05) is 32.1 Å². The second-order valence-electron chi connectivity index (χ2n) is 10.2. The summed E-state index contributed by atoms with van der Waals surface area (Å²) in [5, 5.41) is 23.0. The lowest BCUT2D eigenvalue weighted by molar-refractivity contribution is -0.192. The maximum Gasteiger partial charge on any atom is 0.490 e. The maximum atomic E-state index is 11.1. The highest BCUT2D eigenvalue weighted by molar-refractivity contribution is 5.94. The molecule has 4 fully saturated rings. The zero-order valence-electron chi connectivity index (χ0n) is 20.3. The van der Waals surface area contributed by atoms with Crippen molar-refractivity contribution in [1.29, 1.82) is 0 Å². The molecule has 4 saturated carbocycles. The standard InChI is InChI=1S/C23H33N3O3.C2HF3O2/c1-29-8-2-7-24-22(26-20-5-3-19(4-6-20)21(27)28)25-15-23-12-16-9-17(13-23)11-18(10-16)14-23;3-2(4,5)1(6)7/h3-6,16-18H,2,7-15H2,1H3,(H,27,28)(H2,24,25,26);(H,6,7). The maximum absolute atomic E-state index is 11.1. The van der Waals surface area contributed by atoms with Gasteiger partial charge in [-0.1, -0.05) is 0 Å². The molecule has 8 nitrogen and oxygen atoms in total. The van der Waals surface area contributed by atoms with Crippen molar-refractivity contribution in [3.8, 4) is 0 Å². The number of halogens is 3. The van der Waals surface area contributed by atoms with E-state index in [0.717, 1.165) is 48.9 Å². The molecule has 0 unspecified atom stereocenters. The van der Waals surface area contributed by atoms with Gasteiger partial charge in [0.05, 0.1) is 5.56 Å². The summed E-state index contributed by atoms with van der Waals surface area (Å²) >= 11 is 0. The molecule has 0 aliphatic heterocycles. The van der Waals surface area contributed by atoms with Gasteiger partial charge in [0.1, 0.15) is 0 Å². The van der Waals surface area contributed by atoms with E-state index in [1.807, 2.05) is 0 Å². The van der Waals surface area contributed by atoms with Crippen LogP contribution in [0.25, 0.3) is 0 Å². The molecule has 4 bridgehead atoms. The first kappa shape index (κ1) is 27.8. The number of carbonyl (C=O) groups is 2. The first-order chi connectivity index (χ1) is 17.0. The van der Waals surface area contributed by atoms with Crippen LogP contribution in [0.3, 0.4) is 0 Å². The van der Waals surface area contributed by atoms with Gasteiger partial charge in [0.25, 0.3) is 0 Å². The van der Waals surface area contributed by atoms with Crippen LogP contribution in [-0.2, 0) is 9.53 Å². The van der Waals surface area contributed by atoms with Crippen LogP contribution in [0, 0.1) is 23.2 Å². The number of methoxy groups -OCH3 is 1. The van der Waals surface area contributed by atoms with E-state index in [4.69, 9.17) is 24.7 Å². The van der Waals surface area contributed by atoms with Gasteiger partial charge in [-0.25, -0.2) is 9.59 Å². The average Bonchev–Trinajstić information content (AvgIpc) is 2.79. The molecule has 0 spiro atoms. The lowest BCUT2D eigenvalue weighted by atomic mass is 9.49. The van der Waals surface area contributed by atoms with E-state index in [9.17, 15) is 18.0 Å². The third kappa shape index (κ3) is 7.84. The van der Waals surface area contributed by atoms with Crippen LogP contribution >= 0.6 is 0 Å². The number of aliphatic carboxylic acids is 1. The summed E-state index contributed by atoms with van der Waals surface area (Å²) < 4.78 is 36.9. The Balaban J connectivity index is 0.000000454. The number of hydrogen-bond acceptors (Lipinski definition) is 4. The summed E-state index contributed by atoms with van der Waals surface area (Å²) in [6.45, 7) is 2.37. The number of ether oxygens (including phenoxy) is 1. The number of aliphatic imine (C=N–C) groups is 1. The molecule has 4 aliphatic carbocycles. The Morgan fingerprint density at radius 3 is 2.03 bits per heavy atom. The molecule has 1 aromatic rings. The van der Waals surface area contributed by atoms with Crippen LogP contribution in [0.2, 0.25) is 0 Å². The van der Waals surface area contributed by atoms with Gasteiger partial charge in [-0.15, -0.1) is 0 Å². The number of hydrogen-bond donors (Lipinski definition) is 4. The SMILES string of the molecule is COCCCNC(=NCC12CC3CC(CC(C3)C1)C2)Nc1ccc(C(=O)O)cc1.O=C(O)C(F)(F)F. The Labute approximate surface area is 208 Å². The highest BCUT2D eigenvalue weighted by Gasteiger charge is 2.50.